The van der Waals surface area contributed by atoms with Crippen molar-refractivity contribution in [3.8, 4) is 17.0 Å². The lowest BCUT2D eigenvalue weighted by Gasteiger charge is -2.13. The number of hydrogen-bond acceptors (Lipinski definition) is 5. The van der Waals surface area contributed by atoms with E-state index in [0.717, 1.165) is 11.1 Å². The van der Waals surface area contributed by atoms with E-state index in [1.807, 2.05) is 66.7 Å². The first-order valence-corrected chi connectivity index (χ1v) is 11.8. The van der Waals surface area contributed by atoms with Crippen molar-refractivity contribution in [2.24, 2.45) is 0 Å². The fourth-order valence-corrected chi connectivity index (χ4v) is 4.13. The summed E-state index contributed by atoms with van der Waals surface area (Å²) in [5.74, 6) is 1.28. The van der Waals surface area contributed by atoms with Gasteiger partial charge in [0.1, 0.15) is 19.4 Å². The van der Waals surface area contributed by atoms with E-state index < -0.39 is 0 Å². The van der Waals surface area contributed by atoms with Crippen LogP contribution in [0.3, 0.4) is 0 Å². The van der Waals surface area contributed by atoms with Gasteiger partial charge < -0.3 is 20.7 Å². The van der Waals surface area contributed by atoms with Crippen molar-refractivity contribution in [1.29, 1.82) is 0 Å². The Hall–Kier alpha value is -4.50. The molecule has 2 aromatic heterocycles. The second-order valence-electron chi connectivity index (χ2n) is 8.18. The number of aromatic nitrogens is 3. The number of nitrogens with zero attached hydrogens (tertiary/aromatic N) is 3. The zero-order chi connectivity index (χ0) is 25.8. The van der Waals surface area contributed by atoms with E-state index in [1.165, 1.54) is 0 Å². The minimum absolute atomic E-state index is 0.373. The normalized spacial score (nSPS) is 10.8. The van der Waals surface area contributed by atoms with Crippen LogP contribution in [0, 0.1) is 0 Å². The maximum absolute atomic E-state index is 12.6. The van der Waals surface area contributed by atoms with Crippen LogP contribution in [0.1, 0.15) is 5.56 Å². The number of benzene rings is 3. The minimum Gasteiger partial charge on any atom is -0.495 e. The Morgan fingerprint density at radius 3 is 2.68 bits per heavy atom. The molecule has 0 aliphatic carbocycles. The molecule has 0 saturated heterocycles. The van der Waals surface area contributed by atoms with Crippen LogP contribution in [0.25, 0.3) is 16.9 Å². The van der Waals surface area contributed by atoms with Crippen LogP contribution < -0.4 is 26.2 Å². The van der Waals surface area contributed by atoms with E-state index in [1.54, 1.807) is 30.0 Å². The summed E-state index contributed by atoms with van der Waals surface area (Å²) >= 11 is 6.42. The molecule has 0 atom stereocenters. The van der Waals surface area contributed by atoms with Crippen LogP contribution in [0.15, 0.2) is 85.1 Å². The Morgan fingerprint density at radius 2 is 1.84 bits per heavy atom. The Morgan fingerprint density at radius 1 is 1.03 bits per heavy atom. The molecule has 8 nitrogen and oxygen atoms in total. The Balaban J connectivity index is 1.34. The molecule has 3 aromatic carbocycles. The molecular weight excluding hydrogens is 487 g/mol. The highest BCUT2D eigenvalue weighted by atomic mass is 35.5. The number of nitrogens with one attached hydrogen (secondary N) is 3. The van der Waals surface area contributed by atoms with Crippen molar-refractivity contribution in [2.45, 2.75) is 6.54 Å². The van der Waals surface area contributed by atoms with Gasteiger partial charge in [0, 0.05) is 35.1 Å². The fraction of sp³-hybridized carbons (Fsp3) is 0.0741. The average molecular weight is 509 g/mol. The molecule has 2 radical (unpaired) electrons. The summed E-state index contributed by atoms with van der Waals surface area (Å²) < 4.78 is 6.94. The van der Waals surface area contributed by atoms with Crippen molar-refractivity contribution in [2.75, 3.05) is 23.1 Å². The standard InChI is InChI=1S/C27H22BClN6O2/c1-37-24-12-5-4-11-22(24)34-27(36)32-18-8-6-7-17(13-18)15-30-25-14-23(19-9-2-3-10-21(19)29)33-26-20(28)16-31-35(25)26/h2-14,16,30H,15H2,1H3,(H2,32,34,36). The molecule has 37 heavy (non-hydrogen) atoms. The quantitative estimate of drug-likeness (QED) is 0.266. The minimum atomic E-state index is -0.373. The van der Waals surface area contributed by atoms with E-state index >= 15 is 0 Å². The van der Waals surface area contributed by atoms with E-state index in [0.29, 0.717) is 51.3 Å². The number of para-hydroxylation sites is 2. The maximum atomic E-state index is 12.6. The zero-order valence-corrected chi connectivity index (χ0v) is 20.7. The van der Waals surface area contributed by atoms with Gasteiger partial charge in [-0.05, 0) is 41.4 Å². The number of amides is 2. The lowest BCUT2D eigenvalue weighted by molar-refractivity contribution is 0.262. The van der Waals surface area contributed by atoms with Gasteiger partial charge in [0.25, 0.3) is 0 Å². The number of halogens is 1. The van der Waals surface area contributed by atoms with Gasteiger partial charge in [-0.15, -0.1) is 0 Å². The number of fused-ring (bicyclic) bond motifs is 1. The number of carbonyl (C=O) groups excluding carboxylic acids is 1. The third-order valence-corrected chi connectivity index (χ3v) is 5.99. The second kappa shape index (κ2) is 10.6. The molecule has 0 fully saturated rings. The molecule has 0 aliphatic heterocycles. The SMILES string of the molecule is [B]c1cnn2c(NCc3cccc(NC(=O)Nc4ccccc4OC)c3)cc(-c3ccccc3Cl)nc12. The Labute approximate surface area is 220 Å². The highest BCUT2D eigenvalue weighted by Gasteiger charge is 2.13. The lowest BCUT2D eigenvalue weighted by atomic mass is 10.0. The third kappa shape index (κ3) is 5.36. The van der Waals surface area contributed by atoms with E-state index in [2.05, 4.69) is 26.0 Å². The number of urea groups is 1. The van der Waals surface area contributed by atoms with Crippen LogP contribution in [-0.4, -0.2) is 35.6 Å². The van der Waals surface area contributed by atoms with Crippen molar-refractivity contribution < 1.29 is 9.53 Å². The first-order chi connectivity index (χ1) is 18.0. The largest absolute Gasteiger partial charge is 0.495 e. The van der Waals surface area contributed by atoms with Crippen molar-refractivity contribution in [1.82, 2.24) is 14.6 Å². The summed E-state index contributed by atoms with van der Waals surface area (Å²) in [5.41, 5.74) is 4.63. The Bertz CT molecular complexity index is 1590. The summed E-state index contributed by atoms with van der Waals surface area (Å²) in [6, 6.07) is 23.8. The van der Waals surface area contributed by atoms with Crippen LogP contribution in [0.4, 0.5) is 22.0 Å². The molecule has 2 heterocycles. The molecule has 5 aromatic rings. The summed E-state index contributed by atoms with van der Waals surface area (Å²) in [6.07, 6.45) is 1.56. The van der Waals surface area contributed by atoms with Crippen molar-refractivity contribution in [3.63, 3.8) is 0 Å². The molecule has 10 heteroatoms. The number of anilines is 3. The first kappa shape index (κ1) is 24.2. The summed E-state index contributed by atoms with van der Waals surface area (Å²) in [6.45, 7) is 0.463. The molecule has 2 amide bonds. The maximum Gasteiger partial charge on any atom is 0.323 e. The number of ether oxygens (including phenoxy) is 1. The molecular formula is C27H22BClN6O2. The monoisotopic (exact) mass is 508 g/mol. The molecule has 0 unspecified atom stereocenters. The molecule has 182 valence electrons. The third-order valence-electron chi connectivity index (χ3n) is 5.66. The van der Waals surface area contributed by atoms with Crippen LogP contribution in [0.5, 0.6) is 5.75 Å². The first-order valence-electron chi connectivity index (χ1n) is 11.4. The molecule has 0 bridgehead atoms. The number of methoxy groups -OCH3 is 1. The molecule has 0 spiro atoms. The number of rotatable bonds is 7. The van der Waals surface area contributed by atoms with Crippen LogP contribution in [0.2, 0.25) is 5.02 Å². The predicted octanol–water partition coefficient (Wildman–Crippen LogP) is 5.11. The van der Waals surface area contributed by atoms with Crippen LogP contribution >= 0.6 is 11.6 Å². The van der Waals surface area contributed by atoms with E-state index in [9.17, 15) is 4.79 Å². The Kier molecular flexibility index (Phi) is 6.96. The van der Waals surface area contributed by atoms with Gasteiger partial charge in [-0.3, -0.25) is 0 Å². The van der Waals surface area contributed by atoms with Crippen molar-refractivity contribution in [3.05, 3.63) is 95.6 Å². The highest BCUT2D eigenvalue weighted by Crippen LogP contribution is 2.28. The van der Waals surface area contributed by atoms with Crippen molar-refractivity contribution >= 4 is 53.8 Å². The number of hydrogen-bond donors (Lipinski definition) is 3. The summed E-state index contributed by atoms with van der Waals surface area (Å²) in [5, 5.41) is 14.0. The molecule has 0 aliphatic rings. The van der Waals surface area contributed by atoms with Gasteiger partial charge in [0.2, 0.25) is 0 Å². The summed E-state index contributed by atoms with van der Waals surface area (Å²) in [4.78, 5) is 17.2. The number of carbonyl (C=O) groups is 1. The molecule has 3 N–H and O–H groups in total. The smallest absolute Gasteiger partial charge is 0.323 e. The van der Waals surface area contributed by atoms with Gasteiger partial charge in [0.05, 0.1) is 18.5 Å². The lowest BCUT2D eigenvalue weighted by Crippen LogP contribution is -2.20. The van der Waals surface area contributed by atoms with Crippen LogP contribution in [-0.2, 0) is 6.54 Å². The van der Waals surface area contributed by atoms with Gasteiger partial charge >= 0.3 is 6.03 Å². The average Bonchev–Trinajstić information content (AvgIpc) is 3.28. The highest BCUT2D eigenvalue weighted by molar-refractivity contribution is 6.36. The van der Waals surface area contributed by atoms with Gasteiger partial charge in [-0.2, -0.15) is 9.61 Å². The zero-order valence-electron chi connectivity index (χ0n) is 19.9. The van der Waals surface area contributed by atoms with Gasteiger partial charge in [-0.1, -0.05) is 54.1 Å². The fourth-order valence-electron chi connectivity index (χ4n) is 3.90. The topological polar surface area (TPSA) is 92.6 Å². The predicted molar refractivity (Wildman–Crippen MR) is 148 cm³/mol. The van der Waals surface area contributed by atoms with E-state index in [4.69, 9.17) is 24.2 Å². The summed E-state index contributed by atoms with van der Waals surface area (Å²) in [7, 11) is 7.67. The second-order valence-corrected chi connectivity index (χ2v) is 8.58. The molecule has 0 saturated carbocycles. The van der Waals surface area contributed by atoms with Gasteiger partial charge in [-0.25, -0.2) is 9.78 Å². The van der Waals surface area contributed by atoms with Gasteiger partial charge in [0.15, 0.2) is 5.65 Å². The molecule has 5 rings (SSSR count). The van der Waals surface area contributed by atoms with E-state index in [-0.39, 0.29) is 6.03 Å².